The maximum Gasteiger partial charge on any atom is 0.220 e. The van der Waals surface area contributed by atoms with Gasteiger partial charge in [-0.2, -0.15) is 0 Å². The molecule has 0 saturated carbocycles. The Morgan fingerprint density at radius 2 is 1.22 bits per heavy atom. The topological polar surface area (TPSA) is 40.3 Å². The zero-order valence-electron chi connectivity index (χ0n) is 26.8. The molecular formula is C44H30N4O. The van der Waals surface area contributed by atoms with Gasteiger partial charge in [0.05, 0.1) is 33.5 Å². The lowest BCUT2D eigenvalue weighted by atomic mass is 9.97. The van der Waals surface area contributed by atoms with Gasteiger partial charge >= 0.3 is 0 Å². The van der Waals surface area contributed by atoms with Crippen molar-refractivity contribution in [3.63, 3.8) is 0 Å². The summed E-state index contributed by atoms with van der Waals surface area (Å²) < 4.78 is 13.4. The molecule has 1 aliphatic rings. The van der Waals surface area contributed by atoms with Gasteiger partial charge < -0.3 is 8.98 Å². The summed E-state index contributed by atoms with van der Waals surface area (Å²) >= 11 is 0. The highest BCUT2D eigenvalue weighted by molar-refractivity contribution is 6.11. The van der Waals surface area contributed by atoms with E-state index in [0.717, 1.165) is 62.2 Å². The smallest absolute Gasteiger partial charge is 0.220 e. The van der Waals surface area contributed by atoms with Crippen LogP contribution < -0.4 is 0 Å². The first-order valence-corrected chi connectivity index (χ1v) is 17.0. The molecule has 0 bridgehead atoms. The van der Waals surface area contributed by atoms with Crippen LogP contribution in [0.1, 0.15) is 30.7 Å². The third-order valence-corrected chi connectivity index (χ3v) is 10.4. The summed E-state index contributed by atoms with van der Waals surface area (Å²) in [6, 6.07) is 47.8. The fraction of sp³-hybridized carbons (Fsp3) is 0.0682. The summed E-state index contributed by atoms with van der Waals surface area (Å²) in [5.74, 6) is 1.35. The molecule has 0 fully saturated rings. The van der Waals surface area contributed by atoms with Gasteiger partial charge in [0.2, 0.25) is 5.78 Å². The molecule has 1 unspecified atom stereocenters. The van der Waals surface area contributed by atoms with E-state index in [1.165, 1.54) is 38.7 Å². The van der Waals surface area contributed by atoms with Crippen LogP contribution in [0.15, 0.2) is 144 Å². The molecule has 0 aliphatic heterocycles. The van der Waals surface area contributed by atoms with Gasteiger partial charge in [-0.05, 0) is 90.4 Å². The third kappa shape index (κ3) is 3.73. The van der Waals surface area contributed by atoms with Crippen molar-refractivity contribution < 1.29 is 4.42 Å². The molecule has 0 amide bonds. The largest absolute Gasteiger partial charge is 0.456 e. The van der Waals surface area contributed by atoms with Crippen molar-refractivity contribution in [3.8, 4) is 22.5 Å². The summed E-state index contributed by atoms with van der Waals surface area (Å²) in [4.78, 5) is 5.25. The van der Waals surface area contributed by atoms with E-state index in [4.69, 9.17) is 9.40 Å². The number of rotatable bonds is 3. The van der Waals surface area contributed by atoms with Crippen LogP contribution in [0.25, 0.3) is 89.1 Å². The summed E-state index contributed by atoms with van der Waals surface area (Å²) in [5.41, 5.74) is 13.3. The second-order valence-electron chi connectivity index (χ2n) is 13.3. The van der Waals surface area contributed by atoms with Crippen molar-refractivity contribution in [3.05, 3.63) is 151 Å². The summed E-state index contributed by atoms with van der Waals surface area (Å²) in [7, 11) is 0. The number of nitrogens with zero attached hydrogens (tertiary/aromatic N) is 4. The molecule has 232 valence electrons. The van der Waals surface area contributed by atoms with Gasteiger partial charge in [0.15, 0.2) is 0 Å². The molecular weight excluding hydrogens is 601 g/mol. The first-order chi connectivity index (χ1) is 24.2. The van der Waals surface area contributed by atoms with Crippen molar-refractivity contribution in [1.82, 2.24) is 18.5 Å². The Morgan fingerprint density at radius 1 is 0.571 bits per heavy atom. The molecule has 4 aromatic heterocycles. The van der Waals surface area contributed by atoms with Crippen LogP contribution in [-0.2, 0) is 0 Å². The Hall–Kier alpha value is -6.33. The first-order valence-electron chi connectivity index (χ1n) is 17.0. The monoisotopic (exact) mass is 630 g/mol. The minimum atomic E-state index is 0.394. The molecule has 5 nitrogen and oxygen atoms in total. The van der Waals surface area contributed by atoms with E-state index in [2.05, 4.69) is 166 Å². The van der Waals surface area contributed by atoms with E-state index in [0.29, 0.717) is 5.92 Å². The highest BCUT2D eigenvalue weighted by Crippen LogP contribution is 2.38. The molecule has 49 heavy (non-hydrogen) atoms. The second kappa shape index (κ2) is 9.85. The minimum absolute atomic E-state index is 0.394. The zero-order chi connectivity index (χ0) is 32.2. The number of fused-ring (bicyclic) bond motifs is 11. The van der Waals surface area contributed by atoms with Crippen LogP contribution in [0.5, 0.6) is 0 Å². The number of benzene rings is 6. The van der Waals surface area contributed by atoms with E-state index in [9.17, 15) is 0 Å². The van der Waals surface area contributed by atoms with Crippen molar-refractivity contribution in [2.24, 2.45) is 0 Å². The first kappa shape index (κ1) is 26.7. The average Bonchev–Trinajstić information content (AvgIpc) is 3.89. The molecule has 0 radical (unpaired) electrons. The predicted molar refractivity (Wildman–Crippen MR) is 201 cm³/mol. The van der Waals surface area contributed by atoms with Crippen LogP contribution in [-0.4, -0.2) is 18.5 Å². The number of hydrogen-bond donors (Lipinski definition) is 0. The van der Waals surface area contributed by atoms with Crippen molar-refractivity contribution in [2.45, 2.75) is 19.3 Å². The van der Waals surface area contributed by atoms with Crippen molar-refractivity contribution in [1.29, 1.82) is 0 Å². The Morgan fingerprint density at radius 3 is 2.02 bits per heavy atom. The summed E-state index contributed by atoms with van der Waals surface area (Å²) in [6.45, 7) is 2.27. The Bertz CT molecular complexity index is 2950. The van der Waals surface area contributed by atoms with E-state index < -0.39 is 0 Å². The Labute approximate surface area is 281 Å². The van der Waals surface area contributed by atoms with E-state index >= 15 is 0 Å². The molecule has 1 aliphatic carbocycles. The minimum Gasteiger partial charge on any atom is -0.456 e. The number of hydrogen-bond acceptors (Lipinski definition) is 2. The maximum atomic E-state index is 6.39. The second-order valence-corrected chi connectivity index (χ2v) is 13.3. The van der Waals surface area contributed by atoms with Gasteiger partial charge in [0.25, 0.3) is 0 Å². The van der Waals surface area contributed by atoms with Crippen molar-refractivity contribution >= 4 is 66.6 Å². The predicted octanol–water partition coefficient (Wildman–Crippen LogP) is 11.5. The van der Waals surface area contributed by atoms with E-state index in [1.807, 2.05) is 0 Å². The summed E-state index contributed by atoms with van der Waals surface area (Å²) in [6.07, 6.45) is 5.53. The number of allylic oxidation sites excluding steroid dienone is 1. The normalized spacial score (nSPS) is 14.7. The van der Waals surface area contributed by atoms with Gasteiger partial charge in [-0.3, -0.25) is 8.97 Å². The lowest BCUT2D eigenvalue weighted by Crippen LogP contribution is -2.00. The lowest BCUT2D eigenvalue weighted by Gasteiger charge is -2.12. The zero-order valence-corrected chi connectivity index (χ0v) is 26.8. The molecule has 4 heterocycles. The van der Waals surface area contributed by atoms with E-state index in [1.54, 1.807) is 0 Å². The van der Waals surface area contributed by atoms with E-state index in [-0.39, 0.29) is 0 Å². The maximum absolute atomic E-state index is 6.39. The molecule has 11 rings (SSSR count). The molecule has 6 aromatic carbocycles. The average molecular weight is 631 g/mol. The van der Waals surface area contributed by atoms with Gasteiger partial charge in [0.1, 0.15) is 11.2 Å². The van der Waals surface area contributed by atoms with Crippen LogP contribution in [0, 0.1) is 0 Å². The van der Waals surface area contributed by atoms with Gasteiger partial charge in [-0.1, -0.05) is 79.7 Å². The van der Waals surface area contributed by atoms with Gasteiger partial charge in [-0.15, -0.1) is 0 Å². The number of imidazole rings is 2. The lowest BCUT2D eigenvalue weighted by molar-refractivity contribution is 0.669. The SMILES string of the molecule is CC1CC=Cc2c1nc1n(-c3cccc(-c4ccc5oc6ccc(-n7c8ccccc8c8ccccc87)cc6c5c4)c3)c3ccccc3n21. The number of aromatic nitrogens is 4. The molecule has 0 N–H and O–H groups in total. The van der Waals surface area contributed by atoms with Crippen LogP contribution in [0.2, 0.25) is 0 Å². The third-order valence-electron chi connectivity index (χ3n) is 10.4. The van der Waals surface area contributed by atoms with Gasteiger partial charge in [-0.25, -0.2) is 4.98 Å². The Kier molecular flexibility index (Phi) is 5.37. The highest BCUT2D eigenvalue weighted by Gasteiger charge is 2.24. The van der Waals surface area contributed by atoms with Crippen LogP contribution in [0.4, 0.5) is 0 Å². The molecule has 5 heteroatoms. The molecule has 0 saturated heterocycles. The molecule has 10 aromatic rings. The molecule has 1 atom stereocenters. The quantitative estimate of drug-likeness (QED) is 0.195. The standard InChI is InChI=1S/C44H30N4O/c1-27-10-8-19-40-43(27)45-44-47(38-17-6-7-18-39(38)48(40)44)30-12-9-11-28(24-30)29-20-22-41-34(25-29)35-26-31(21-23-42(35)49-41)46-36-15-4-2-13-32(36)33-14-3-5-16-37(33)46/h2-9,11-27H,10H2,1H3. The van der Waals surface area contributed by atoms with Crippen LogP contribution >= 0.6 is 0 Å². The highest BCUT2D eigenvalue weighted by atomic mass is 16.3. The Balaban J connectivity index is 1.08. The molecule has 0 spiro atoms. The fourth-order valence-electron chi connectivity index (χ4n) is 8.16. The number of para-hydroxylation sites is 4. The van der Waals surface area contributed by atoms with Crippen molar-refractivity contribution in [2.75, 3.05) is 0 Å². The summed E-state index contributed by atoms with van der Waals surface area (Å²) in [5, 5.41) is 4.73. The fourth-order valence-corrected chi connectivity index (χ4v) is 8.16. The van der Waals surface area contributed by atoms with Crippen LogP contribution in [0.3, 0.4) is 0 Å². The number of furan rings is 1. The van der Waals surface area contributed by atoms with Gasteiger partial charge in [0, 0.05) is 38.8 Å².